The van der Waals surface area contributed by atoms with Crippen LogP contribution in [0.1, 0.15) is 18.5 Å². The van der Waals surface area contributed by atoms with E-state index in [4.69, 9.17) is 9.47 Å². The molecule has 6 nitrogen and oxygen atoms in total. The summed E-state index contributed by atoms with van der Waals surface area (Å²) in [5.41, 5.74) is 1.13. The van der Waals surface area contributed by atoms with Gasteiger partial charge in [0, 0.05) is 12.6 Å². The van der Waals surface area contributed by atoms with E-state index >= 15 is 0 Å². The van der Waals surface area contributed by atoms with Crippen LogP contribution >= 0.6 is 11.7 Å². The van der Waals surface area contributed by atoms with Crippen molar-refractivity contribution in [3.8, 4) is 11.6 Å². The minimum absolute atomic E-state index is 0.131. The lowest BCUT2D eigenvalue weighted by Gasteiger charge is -2.17. The molecule has 2 atom stereocenters. The number of nitrogens with zero attached hydrogens (tertiary/aromatic N) is 2. The third kappa shape index (κ3) is 4.96. The molecule has 0 aliphatic rings. The standard InChI is InChI=1S/C14H19N3O3S/c1-10(11-3-5-13(19-2)6-4-11)15-7-12(18)9-20-14-8-16-21-17-14/h3-6,8,10,12,15,18H,7,9H2,1-2H3. The van der Waals surface area contributed by atoms with Crippen LogP contribution in [0.2, 0.25) is 0 Å². The summed E-state index contributed by atoms with van der Waals surface area (Å²) in [6.07, 6.45) is 0.928. The van der Waals surface area contributed by atoms with Gasteiger partial charge >= 0.3 is 0 Å². The molecule has 1 aromatic heterocycles. The Kier molecular flexibility index (Phi) is 5.91. The lowest BCUT2D eigenvalue weighted by atomic mass is 10.1. The van der Waals surface area contributed by atoms with Gasteiger partial charge in [0.2, 0.25) is 5.88 Å². The van der Waals surface area contributed by atoms with Crippen molar-refractivity contribution >= 4 is 11.7 Å². The molecule has 2 unspecified atom stereocenters. The lowest BCUT2D eigenvalue weighted by Crippen LogP contribution is -2.33. The molecule has 1 heterocycles. The third-order valence-electron chi connectivity index (χ3n) is 3.04. The van der Waals surface area contributed by atoms with Crippen LogP contribution in [0.3, 0.4) is 0 Å². The molecule has 0 saturated heterocycles. The van der Waals surface area contributed by atoms with Gasteiger partial charge in [-0.25, -0.2) is 0 Å². The van der Waals surface area contributed by atoms with Gasteiger partial charge in [-0.05, 0) is 24.6 Å². The number of aliphatic hydroxyl groups excluding tert-OH is 1. The number of ether oxygens (including phenoxy) is 2. The molecule has 114 valence electrons. The molecule has 7 heteroatoms. The third-order valence-corrected chi connectivity index (χ3v) is 3.50. The van der Waals surface area contributed by atoms with Crippen LogP contribution in [0.5, 0.6) is 11.6 Å². The van der Waals surface area contributed by atoms with Crippen molar-refractivity contribution in [3.05, 3.63) is 36.0 Å². The zero-order valence-corrected chi connectivity index (χ0v) is 12.8. The van der Waals surface area contributed by atoms with Gasteiger partial charge in [-0.15, -0.1) is 4.37 Å². The largest absolute Gasteiger partial charge is 0.497 e. The zero-order valence-electron chi connectivity index (χ0n) is 12.0. The summed E-state index contributed by atoms with van der Waals surface area (Å²) < 4.78 is 18.2. The van der Waals surface area contributed by atoms with Crippen LogP contribution in [-0.4, -0.2) is 40.2 Å². The van der Waals surface area contributed by atoms with Gasteiger partial charge in [-0.1, -0.05) is 12.1 Å². The van der Waals surface area contributed by atoms with Crippen molar-refractivity contribution in [1.29, 1.82) is 0 Å². The maximum Gasteiger partial charge on any atom is 0.245 e. The number of aromatic nitrogens is 2. The number of hydrogen-bond acceptors (Lipinski definition) is 7. The van der Waals surface area contributed by atoms with E-state index in [0.29, 0.717) is 12.4 Å². The summed E-state index contributed by atoms with van der Waals surface area (Å²) >= 11 is 1.08. The first kappa shape index (κ1) is 15.7. The highest BCUT2D eigenvalue weighted by Gasteiger charge is 2.10. The zero-order chi connectivity index (χ0) is 15.1. The molecule has 2 aromatic rings. The summed E-state index contributed by atoms with van der Waals surface area (Å²) in [4.78, 5) is 0. The summed E-state index contributed by atoms with van der Waals surface area (Å²) in [5, 5.41) is 13.1. The Balaban J connectivity index is 1.73. The molecule has 2 N–H and O–H groups in total. The fourth-order valence-corrected chi connectivity index (χ4v) is 2.15. The Hall–Kier alpha value is -1.70. The highest BCUT2D eigenvalue weighted by molar-refractivity contribution is 6.99. The van der Waals surface area contributed by atoms with Crippen LogP contribution in [0.25, 0.3) is 0 Å². The smallest absolute Gasteiger partial charge is 0.245 e. The topological polar surface area (TPSA) is 76.5 Å². The van der Waals surface area contributed by atoms with Crippen molar-refractivity contribution in [2.75, 3.05) is 20.3 Å². The van der Waals surface area contributed by atoms with E-state index in [0.717, 1.165) is 23.0 Å². The van der Waals surface area contributed by atoms with Crippen molar-refractivity contribution in [3.63, 3.8) is 0 Å². The number of methoxy groups -OCH3 is 1. The molecule has 1 aromatic carbocycles. The Morgan fingerprint density at radius 3 is 2.71 bits per heavy atom. The molecule has 0 aliphatic carbocycles. The minimum Gasteiger partial charge on any atom is -0.497 e. The molecule has 0 aliphatic heterocycles. The second-order valence-electron chi connectivity index (χ2n) is 4.61. The van der Waals surface area contributed by atoms with Gasteiger partial charge in [-0.3, -0.25) is 0 Å². The van der Waals surface area contributed by atoms with Gasteiger partial charge in [0.15, 0.2) is 0 Å². The summed E-state index contributed by atoms with van der Waals surface area (Å²) in [7, 11) is 1.64. The highest BCUT2D eigenvalue weighted by Crippen LogP contribution is 2.17. The molecule has 0 amide bonds. The molecule has 0 saturated carbocycles. The predicted octanol–water partition coefficient (Wildman–Crippen LogP) is 1.64. The van der Waals surface area contributed by atoms with Crippen molar-refractivity contribution in [2.24, 2.45) is 0 Å². The van der Waals surface area contributed by atoms with E-state index in [1.54, 1.807) is 7.11 Å². The number of hydrogen-bond donors (Lipinski definition) is 2. The second kappa shape index (κ2) is 7.92. The van der Waals surface area contributed by atoms with Crippen LogP contribution < -0.4 is 14.8 Å². The maximum atomic E-state index is 9.87. The number of aliphatic hydroxyl groups is 1. The van der Waals surface area contributed by atoms with Gasteiger partial charge in [0.05, 0.1) is 18.8 Å². The molecule has 0 spiro atoms. The van der Waals surface area contributed by atoms with E-state index in [9.17, 15) is 5.11 Å². The fourth-order valence-electron chi connectivity index (χ4n) is 1.78. The van der Waals surface area contributed by atoms with E-state index in [-0.39, 0.29) is 12.6 Å². The minimum atomic E-state index is -0.604. The van der Waals surface area contributed by atoms with Gasteiger partial charge in [0.1, 0.15) is 24.7 Å². The van der Waals surface area contributed by atoms with Crippen LogP contribution in [-0.2, 0) is 0 Å². The van der Waals surface area contributed by atoms with Crippen LogP contribution in [0.4, 0.5) is 0 Å². The molecular weight excluding hydrogens is 290 g/mol. The van der Waals surface area contributed by atoms with E-state index in [1.165, 1.54) is 6.20 Å². The van der Waals surface area contributed by atoms with Crippen molar-refractivity contribution in [2.45, 2.75) is 19.1 Å². The van der Waals surface area contributed by atoms with Crippen LogP contribution in [0, 0.1) is 0 Å². The van der Waals surface area contributed by atoms with Gasteiger partial charge in [-0.2, -0.15) is 4.37 Å². The number of nitrogens with one attached hydrogen (secondary N) is 1. The Morgan fingerprint density at radius 2 is 2.10 bits per heavy atom. The molecule has 0 radical (unpaired) electrons. The lowest BCUT2D eigenvalue weighted by molar-refractivity contribution is 0.102. The quantitative estimate of drug-likeness (QED) is 0.772. The van der Waals surface area contributed by atoms with E-state index in [1.807, 2.05) is 31.2 Å². The Morgan fingerprint density at radius 1 is 1.33 bits per heavy atom. The Bertz CT molecular complexity index is 519. The van der Waals surface area contributed by atoms with E-state index < -0.39 is 6.10 Å². The van der Waals surface area contributed by atoms with E-state index in [2.05, 4.69) is 14.1 Å². The summed E-state index contributed by atoms with van der Waals surface area (Å²) in [6.45, 7) is 2.66. The second-order valence-corrected chi connectivity index (χ2v) is 5.17. The molecule has 0 bridgehead atoms. The average Bonchev–Trinajstić information content (AvgIpc) is 3.04. The maximum absolute atomic E-state index is 9.87. The normalized spacial score (nSPS) is 13.7. The molecular formula is C14H19N3O3S. The van der Waals surface area contributed by atoms with Crippen molar-refractivity contribution in [1.82, 2.24) is 14.1 Å². The number of benzene rings is 1. The summed E-state index contributed by atoms with van der Waals surface area (Å²) in [6, 6.07) is 7.97. The van der Waals surface area contributed by atoms with Crippen molar-refractivity contribution < 1.29 is 14.6 Å². The highest BCUT2D eigenvalue weighted by atomic mass is 32.1. The predicted molar refractivity (Wildman–Crippen MR) is 80.8 cm³/mol. The van der Waals surface area contributed by atoms with Gasteiger partial charge in [0.25, 0.3) is 0 Å². The summed E-state index contributed by atoms with van der Waals surface area (Å²) in [5.74, 6) is 1.28. The first-order valence-corrected chi connectivity index (χ1v) is 7.38. The first-order valence-electron chi connectivity index (χ1n) is 6.65. The van der Waals surface area contributed by atoms with Gasteiger partial charge < -0.3 is 19.9 Å². The molecule has 21 heavy (non-hydrogen) atoms. The number of rotatable bonds is 8. The Labute approximate surface area is 128 Å². The SMILES string of the molecule is COc1ccc(C(C)NCC(O)COc2cnsn2)cc1. The first-order chi connectivity index (χ1) is 10.2. The molecule has 0 fully saturated rings. The van der Waals surface area contributed by atoms with Crippen LogP contribution in [0.15, 0.2) is 30.5 Å². The molecule has 2 rings (SSSR count). The average molecular weight is 309 g/mol. The fraction of sp³-hybridized carbons (Fsp3) is 0.429. The monoisotopic (exact) mass is 309 g/mol.